The summed E-state index contributed by atoms with van der Waals surface area (Å²) in [6.45, 7) is 10.7. The van der Waals surface area contributed by atoms with Crippen molar-refractivity contribution in [3.05, 3.63) is 52.2 Å². The van der Waals surface area contributed by atoms with Gasteiger partial charge in [0, 0.05) is 50.4 Å². The second-order valence-corrected chi connectivity index (χ2v) is 9.27. The van der Waals surface area contributed by atoms with E-state index in [1.54, 1.807) is 14.0 Å². The van der Waals surface area contributed by atoms with Crippen LogP contribution in [0.3, 0.4) is 0 Å². The molecule has 4 nitrogen and oxygen atoms in total. The Hall–Kier alpha value is -1.85. The maximum atomic E-state index is 12.2. The molecule has 2 atom stereocenters. The zero-order valence-electron chi connectivity index (χ0n) is 17.4. The highest BCUT2D eigenvalue weighted by atomic mass is 32.1. The van der Waals surface area contributed by atoms with E-state index in [9.17, 15) is 4.79 Å². The number of thiophene rings is 1. The van der Waals surface area contributed by atoms with Crippen LogP contribution in [0.4, 0.5) is 0 Å². The average molecular weight is 401 g/mol. The van der Waals surface area contributed by atoms with Crippen LogP contribution in [0.2, 0.25) is 0 Å². The minimum absolute atomic E-state index is 0.176. The first-order valence-electron chi connectivity index (χ1n) is 10.1. The van der Waals surface area contributed by atoms with Crippen LogP contribution in [0, 0.1) is 11.8 Å². The number of amides is 1. The van der Waals surface area contributed by atoms with Gasteiger partial charge in [-0.05, 0) is 41.0 Å². The van der Waals surface area contributed by atoms with Crippen molar-refractivity contribution in [2.24, 2.45) is 11.8 Å². The summed E-state index contributed by atoms with van der Waals surface area (Å²) in [5.41, 5.74) is 1.31. The van der Waals surface area contributed by atoms with E-state index in [-0.39, 0.29) is 5.91 Å². The standard InChI is InChI=1S/C23H32N2O2S/c1-17(2)12-25(18(3)26)14-20-13-24(15-22-9-6-10-28-22)16-23(20)19-7-5-8-21(11-19)27-4/h5-11,17,20,23H,12-16H2,1-4H3/t20-,23-/m0/s1. The first-order valence-corrected chi connectivity index (χ1v) is 11.0. The van der Waals surface area contributed by atoms with E-state index in [1.807, 2.05) is 22.3 Å². The van der Waals surface area contributed by atoms with Gasteiger partial charge in [0.25, 0.3) is 0 Å². The number of carbonyl (C=O) groups excluding carboxylic acids is 1. The molecule has 5 heteroatoms. The topological polar surface area (TPSA) is 32.8 Å². The third-order valence-corrected chi connectivity index (χ3v) is 6.35. The van der Waals surface area contributed by atoms with E-state index in [2.05, 4.69) is 54.5 Å². The fourth-order valence-electron chi connectivity index (χ4n) is 4.20. The maximum absolute atomic E-state index is 12.2. The summed E-state index contributed by atoms with van der Waals surface area (Å²) in [6.07, 6.45) is 0. The molecule has 152 valence electrons. The van der Waals surface area contributed by atoms with Gasteiger partial charge in [-0.2, -0.15) is 0 Å². The molecule has 0 bridgehead atoms. The van der Waals surface area contributed by atoms with Gasteiger partial charge in [0.05, 0.1) is 7.11 Å². The Balaban J connectivity index is 1.80. The predicted molar refractivity (Wildman–Crippen MR) is 116 cm³/mol. The number of hydrogen-bond acceptors (Lipinski definition) is 4. The molecule has 0 aliphatic carbocycles. The Morgan fingerprint density at radius 1 is 1.29 bits per heavy atom. The van der Waals surface area contributed by atoms with Gasteiger partial charge in [-0.3, -0.25) is 9.69 Å². The fraction of sp³-hybridized carbons (Fsp3) is 0.522. The highest BCUT2D eigenvalue weighted by Crippen LogP contribution is 2.36. The van der Waals surface area contributed by atoms with E-state index in [0.29, 0.717) is 17.8 Å². The quantitative estimate of drug-likeness (QED) is 0.655. The van der Waals surface area contributed by atoms with E-state index >= 15 is 0 Å². The van der Waals surface area contributed by atoms with Crippen molar-refractivity contribution >= 4 is 17.2 Å². The average Bonchev–Trinajstić information content (AvgIpc) is 3.31. The summed E-state index contributed by atoms with van der Waals surface area (Å²) in [4.78, 5) is 18.2. The molecule has 0 saturated carbocycles. The molecule has 0 N–H and O–H groups in total. The van der Waals surface area contributed by atoms with Crippen LogP contribution in [-0.4, -0.2) is 49.0 Å². The van der Waals surface area contributed by atoms with E-state index in [4.69, 9.17) is 4.74 Å². The van der Waals surface area contributed by atoms with Crippen LogP contribution in [0.1, 0.15) is 37.1 Å². The maximum Gasteiger partial charge on any atom is 0.219 e. The molecule has 1 aromatic heterocycles. The first-order chi connectivity index (χ1) is 13.5. The van der Waals surface area contributed by atoms with Crippen molar-refractivity contribution in [2.45, 2.75) is 33.2 Å². The molecule has 1 aliphatic rings. The zero-order valence-corrected chi connectivity index (χ0v) is 18.2. The number of ether oxygens (including phenoxy) is 1. The van der Waals surface area contributed by atoms with Crippen molar-refractivity contribution in [1.29, 1.82) is 0 Å². The predicted octanol–water partition coefficient (Wildman–Crippen LogP) is 4.48. The number of nitrogens with zero attached hydrogens (tertiary/aromatic N) is 2. The third-order valence-electron chi connectivity index (χ3n) is 5.48. The smallest absolute Gasteiger partial charge is 0.219 e. The Morgan fingerprint density at radius 3 is 2.75 bits per heavy atom. The van der Waals surface area contributed by atoms with Crippen LogP contribution in [0.25, 0.3) is 0 Å². The number of benzene rings is 1. The van der Waals surface area contributed by atoms with Gasteiger partial charge in [0.2, 0.25) is 5.91 Å². The normalized spacial score (nSPS) is 19.9. The Bertz CT molecular complexity index is 760. The summed E-state index contributed by atoms with van der Waals surface area (Å²) in [7, 11) is 1.72. The molecule has 1 aromatic carbocycles. The molecule has 2 aromatic rings. The van der Waals surface area contributed by atoms with Crippen LogP contribution in [0.15, 0.2) is 41.8 Å². The van der Waals surface area contributed by atoms with E-state index in [1.165, 1.54) is 10.4 Å². The molecular formula is C23H32N2O2S. The number of carbonyl (C=O) groups is 1. The summed E-state index contributed by atoms with van der Waals surface area (Å²) in [5, 5.41) is 2.14. The van der Waals surface area contributed by atoms with Crippen molar-refractivity contribution in [3.63, 3.8) is 0 Å². The van der Waals surface area contributed by atoms with Gasteiger partial charge in [-0.25, -0.2) is 0 Å². The molecule has 0 radical (unpaired) electrons. The molecule has 3 rings (SSSR count). The van der Waals surface area contributed by atoms with Crippen LogP contribution < -0.4 is 4.74 Å². The van der Waals surface area contributed by atoms with Crippen LogP contribution in [0.5, 0.6) is 5.75 Å². The van der Waals surface area contributed by atoms with Gasteiger partial charge in [-0.15, -0.1) is 11.3 Å². The van der Waals surface area contributed by atoms with Crippen LogP contribution >= 0.6 is 11.3 Å². The largest absolute Gasteiger partial charge is 0.497 e. The first kappa shape index (κ1) is 20.9. The Morgan fingerprint density at radius 2 is 2.11 bits per heavy atom. The summed E-state index contributed by atoms with van der Waals surface area (Å²) in [5.74, 6) is 2.38. The number of hydrogen-bond donors (Lipinski definition) is 0. The minimum atomic E-state index is 0.176. The van der Waals surface area contributed by atoms with E-state index in [0.717, 1.165) is 38.5 Å². The lowest BCUT2D eigenvalue weighted by atomic mass is 9.88. The fourth-order valence-corrected chi connectivity index (χ4v) is 4.95. The second kappa shape index (κ2) is 9.57. The van der Waals surface area contributed by atoms with Crippen molar-refractivity contribution in [1.82, 2.24) is 9.80 Å². The van der Waals surface area contributed by atoms with Gasteiger partial charge >= 0.3 is 0 Å². The molecule has 1 amide bonds. The number of likely N-dealkylation sites (tertiary alicyclic amines) is 1. The lowest BCUT2D eigenvalue weighted by Gasteiger charge is -2.29. The van der Waals surface area contributed by atoms with E-state index < -0.39 is 0 Å². The number of rotatable bonds is 8. The van der Waals surface area contributed by atoms with Gasteiger partial charge in [-0.1, -0.05) is 32.0 Å². The van der Waals surface area contributed by atoms with Crippen LogP contribution in [-0.2, 0) is 11.3 Å². The van der Waals surface area contributed by atoms with Crippen molar-refractivity contribution < 1.29 is 9.53 Å². The molecule has 28 heavy (non-hydrogen) atoms. The molecular weight excluding hydrogens is 368 g/mol. The van der Waals surface area contributed by atoms with Crippen molar-refractivity contribution in [3.8, 4) is 5.75 Å². The molecule has 1 saturated heterocycles. The van der Waals surface area contributed by atoms with Crippen molar-refractivity contribution in [2.75, 3.05) is 33.3 Å². The van der Waals surface area contributed by atoms with Gasteiger partial charge in [0.15, 0.2) is 0 Å². The molecule has 1 fully saturated rings. The molecule has 0 spiro atoms. The third kappa shape index (κ3) is 5.36. The summed E-state index contributed by atoms with van der Waals surface area (Å²) >= 11 is 1.82. The minimum Gasteiger partial charge on any atom is -0.497 e. The SMILES string of the molecule is COc1cccc([C@@H]2CN(Cc3cccs3)C[C@H]2CN(CC(C)C)C(C)=O)c1. The summed E-state index contributed by atoms with van der Waals surface area (Å²) < 4.78 is 5.46. The lowest BCUT2D eigenvalue weighted by molar-refractivity contribution is -0.130. The zero-order chi connectivity index (χ0) is 20.1. The number of methoxy groups -OCH3 is 1. The van der Waals surface area contributed by atoms with Gasteiger partial charge < -0.3 is 9.64 Å². The summed E-state index contributed by atoms with van der Waals surface area (Å²) in [6, 6.07) is 12.8. The lowest BCUT2D eigenvalue weighted by Crippen LogP contribution is -2.38. The van der Waals surface area contributed by atoms with Gasteiger partial charge in [0.1, 0.15) is 5.75 Å². The molecule has 0 unspecified atom stereocenters. The monoisotopic (exact) mass is 400 g/mol. The highest BCUT2D eigenvalue weighted by Gasteiger charge is 2.35. The Kier molecular flexibility index (Phi) is 7.13. The Labute approximate surface area is 173 Å². The molecule has 1 aliphatic heterocycles. The second-order valence-electron chi connectivity index (χ2n) is 8.23. The molecule has 2 heterocycles. The highest BCUT2D eigenvalue weighted by molar-refractivity contribution is 7.09.